The summed E-state index contributed by atoms with van der Waals surface area (Å²) in [5, 5.41) is 6.25. The third-order valence-electron chi connectivity index (χ3n) is 4.07. The van der Waals surface area contributed by atoms with E-state index in [-0.39, 0.29) is 0 Å². The highest BCUT2D eigenvalue weighted by Crippen LogP contribution is 2.40. The summed E-state index contributed by atoms with van der Waals surface area (Å²) in [5.74, 6) is 2.20. The number of hydrogen-bond donors (Lipinski definition) is 3. The van der Waals surface area contributed by atoms with E-state index in [4.69, 9.17) is 5.73 Å². The summed E-state index contributed by atoms with van der Waals surface area (Å²) in [7, 11) is 1.83. The summed E-state index contributed by atoms with van der Waals surface area (Å²) < 4.78 is 2.03. The quantitative estimate of drug-likeness (QED) is 0.669. The summed E-state index contributed by atoms with van der Waals surface area (Å²) >= 11 is 0. The fourth-order valence-electron chi connectivity index (χ4n) is 2.70. The molecular formula is C16H19N7. The van der Waals surface area contributed by atoms with Gasteiger partial charge < -0.3 is 20.8 Å². The molecule has 1 aliphatic carbocycles. The zero-order chi connectivity index (χ0) is 15.8. The molecular weight excluding hydrogens is 290 g/mol. The van der Waals surface area contributed by atoms with Crippen LogP contribution in [0.25, 0.3) is 5.65 Å². The molecule has 3 aromatic rings. The Balaban J connectivity index is 1.55. The molecule has 0 radical (unpaired) electrons. The average molecular weight is 309 g/mol. The molecule has 0 amide bonds. The first-order valence-electron chi connectivity index (χ1n) is 7.73. The Morgan fingerprint density at radius 2 is 2.04 bits per heavy atom. The predicted octanol–water partition coefficient (Wildman–Crippen LogP) is 2.24. The Bertz CT molecular complexity index is 851. The number of fused-ring (bicyclic) bond motifs is 1. The molecule has 1 fully saturated rings. The van der Waals surface area contributed by atoms with Gasteiger partial charge in [0.05, 0.1) is 17.9 Å². The van der Waals surface area contributed by atoms with Crippen molar-refractivity contribution < 1.29 is 0 Å². The van der Waals surface area contributed by atoms with E-state index in [2.05, 4.69) is 37.8 Å². The molecule has 0 aliphatic heterocycles. The second-order valence-electron chi connectivity index (χ2n) is 5.86. The van der Waals surface area contributed by atoms with Crippen LogP contribution in [0.5, 0.6) is 0 Å². The van der Waals surface area contributed by atoms with Gasteiger partial charge in [0.25, 0.3) is 0 Å². The van der Waals surface area contributed by atoms with Crippen LogP contribution >= 0.6 is 0 Å². The van der Waals surface area contributed by atoms with Gasteiger partial charge in [-0.1, -0.05) is 0 Å². The average Bonchev–Trinajstić information content (AvgIpc) is 3.33. The van der Waals surface area contributed by atoms with Crippen LogP contribution in [0, 0.1) is 0 Å². The third kappa shape index (κ3) is 2.77. The number of nitrogens with zero attached hydrogens (tertiary/aromatic N) is 4. The molecule has 0 bridgehead atoms. The van der Waals surface area contributed by atoms with Gasteiger partial charge in [-0.25, -0.2) is 15.0 Å². The monoisotopic (exact) mass is 309 g/mol. The fraction of sp³-hybridized carbons (Fsp3) is 0.312. The number of nitrogens with one attached hydrogen (secondary N) is 2. The molecule has 23 heavy (non-hydrogen) atoms. The van der Waals surface area contributed by atoms with E-state index in [0.717, 1.165) is 28.7 Å². The van der Waals surface area contributed by atoms with E-state index < -0.39 is 0 Å². The van der Waals surface area contributed by atoms with Gasteiger partial charge in [-0.05, 0) is 30.4 Å². The molecule has 0 unspecified atom stereocenters. The maximum Gasteiger partial charge on any atom is 0.160 e. The van der Waals surface area contributed by atoms with Crippen molar-refractivity contribution in [1.29, 1.82) is 0 Å². The Labute approximate surface area is 134 Å². The van der Waals surface area contributed by atoms with Crippen LogP contribution in [0.1, 0.15) is 30.0 Å². The van der Waals surface area contributed by atoms with Gasteiger partial charge in [0.15, 0.2) is 5.65 Å². The van der Waals surface area contributed by atoms with Gasteiger partial charge in [0.2, 0.25) is 0 Å². The summed E-state index contributed by atoms with van der Waals surface area (Å²) in [6, 6.07) is 3.91. The standard InChI is InChI=1S/C16H19N7/c1-18-14-5-15(21-9-20-14)19-6-12-8-23-7-11(10-2-3-10)4-13(17)16(23)22-12/h4-5,7-10H,2-3,6,17H2,1H3,(H2,18,19,20,21). The second-order valence-corrected chi connectivity index (χ2v) is 5.86. The zero-order valence-electron chi connectivity index (χ0n) is 13.0. The Kier molecular flexibility index (Phi) is 3.25. The number of nitrogen functional groups attached to an aromatic ring is 1. The molecule has 1 saturated carbocycles. The smallest absolute Gasteiger partial charge is 0.160 e. The van der Waals surface area contributed by atoms with E-state index in [1.807, 2.05) is 23.7 Å². The lowest BCUT2D eigenvalue weighted by atomic mass is 10.2. The van der Waals surface area contributed by atoms with Crippen LogP contribution < -0.4 is 16.4 Å². The van der Waals surface area contributed by atoms with Crippen molar-refractivity contribution in [3.05, 3.63) is 42.1 Å². The second kappa shape index (κ2) is 5.42. The molecule has 4 rings (SSSR count). The summed E-state index contributed by atoms with van der Waals surface area (Å²) in [4.78, 5) is 12.9. The highest BCUT2D eigenvalue weighted by Gasteiger charge is 2.24. The lowest BCUT2D eigenvalue weighted by Crippen LogP contribution is -2.03. The van der Waals surface area contributed by atoms with Gasteiger partial charge in [-0.15, -0.1) is 0 Å². The van der Waals surface area contributed by atoms with Crippen LogP contribution in [0.3, 0.4) is 0 Å². The summed E-state index contributed by atoms with van der Waals surface area (Å²) in [6.45, 7) is 0.583. The van der Waals surface area contributed by atoms with E-state index in [0.29, 0.717) is 12.5 Å². The number of pyridine rings is 1. The Morgan fingerprint density at radius 3 is 2.83 bits per heavy atom. The summed E-state index contributed by atoms with van der Waals surface area (Å²) in [5.41, 5.74) is 9.93. The van der Waals surface area contributed by atoms with Gasteiger partial charge in [-0.2, -0.15) is 0 Å². The predicted molar refractivity (Wildman–Crippen MR) is 90.5 cm³/mol. The van der Waals surface area contributed by atoms with E-state index >= 15 is 0 Å². The molecule has 0 spiro atoms. The molecule has 118 valence electrons. The minimum atomic E-state index is 0.583. The number of hydrogen-bond acceptors (Lipinski definition) is 6. The Morgan fingerprint density at radius 1 is 1.22 bits per heavy atom. The van der Waals surface area contributed by atoms with Crippen molar-refractivity contribution in [3.8, 4) is 0 Å². The SMILES string of the molecule is CNc1cc(NCc2cn3cc(C4CC4)cc(N)c3n2)ncn1. The van der Waals surface area contributed by atoms with Gasteiger partial charge >= 0.3 is 0 Å². The molecule has 7 heteroatoms. The lowest BCUT2D eigenvalue weighted by molar-refractivity contribution is 1.04. The van der Waals surface area contributed by atoms with E-state index in [9.17, 15) is 0 Å². The maximum atomic E-state index is 6.15. The van der Waals surface area contributed by atoms with Crippen LogP contribution in [0.4, 0.5) is 17.3 Å². The molecule has 0 atom stereocenters. The molecule has 3 heterocycles. The largest absolute Gasteiger partial charge is 0.396 e. The van der Waals surface area contributed by atoms with Crippen LogP contribution in [0.15, 0.2) is 30.9 Å². The molecule has 0 saturated heterocycles. The van der Waals surface area contributed by atoms with Gasteiger partial charge in [0.1, 0.15) is 18.0 Å². The van der Waals surface area contributed by atoms with Crippen molar-refractivity contribution >= 4 is 23.0 Å². The van der Waals surface area contributed by atoms with Gasteiger partial charge in [0, 0.05) is 25.5 Å². The first-order chi connectivity index (χ1) is 11.2. The number of anilines is 3. The normalized spacial score (nSPS) is 14.1. The van der Waals surface area contributed by atoms with Crippen molar-refractivity contribution in [2.75, 3.05) is 23.4 Å². The number of imidazole rings is 1. The number of nitrogens with two attached hydrogens (primary N) is 1. The highest BCUT2D eigenvalue weighted by molar-refractivity contribution is 5.66. The molecule has 4 N–H and O–H groups in total. The van der Waals surface area contributed by atoms with Crippen LogP contribution in [-0.4, -0.2) is 26.4 Å². The molecule has 1 aliphatic rings. The first kappa shape index (κ1) is 13.8. The van der Waals surface area contributed by atoms with Gasteiger partial charge in [-0.3, -0.25) is 0 Å². The van der Waals surface area contributed by atoms with Crippen molar-refractivity contribution in [1.82, 2.24) is 19.4 Å². The topological polar surface area (TPSA) is 93.2 Å². The van der Waals surface area contributed by atoms with Crippen LogP contribution in [0.2, 0.25) is 0 Å². The minimum absolute atomic E-state index is 0.583. The highest BCUT2D eigenvalue weighted by atomic mass is 15.1. The number of rotatable bonds is 5. The summed E-state index contributed by atoms with van der Waals surface area (Å²) in [6.07, 6.45) is 8.21. The lowest BCUT2D eigenvalue weighted by Gasteiger charge is -2.04. The van der Waals surface area contributed by atoms with Crippen molar-refractivity contribution in [2.24, 2.45) is 0 Å². The van der Waals surface area contributed by atoms with E-state index in [1.165, 1.54) is 24.7 Å². The number of aromatic nitrogens is 4. The van der Waals surface area contributed by atoms with E-state index in [1.54, 1.807) is 0 Å². The van der Waals surface area contributed by atoms with Crippen LogP contribution in [-0.2, 0) is 6.54 Å². The fourth-order valence-corrected chi connectivity index (χ4v) is 2.70. The minimum Gasteiger partial charge on any atom is -0.396 e. The zero-order valence-corrected chi connectivity index (χ0v) is 13.0. The first-order valence-corrected chi connectivity index (χ1v) is 7.73. The molecule has 7 nitrogen and oxygen atoms in total. The van der Waals surface area contributed by atoms with Crippen molar-refractivity contribution in [3.63, 3.8) is 0 Å². The maximum absolute atomic E-state index is 6.15. The van der Waals surface area contributed by atoms with Crippen molar-refractivity contribution in [2.45, 2.75) is 25.3 Å². The molecule has 3 aromatic heterocycles. The molecule has 0 aromatic carbocycles. The third-order valence-corrected chi connectivity index (χ3v) is 4.07. The Hall–Kier alpha value is -2.83.